The van der Waals surface area contributed by atoms with Crippen molar-refractivity contribution >= 4 is 17.3 Å². The van der Waals surface area contributed by atoms with E-state index in [1.54, 1.807) is 37.3 Å². The molecule has 0 N–H and O–H groups in total. The van der Waals surface area contributed by atoms with Crippen LogP contribution in [0.15, 0.2) is 59.0 Å². The van der Waals surface area contributed by atoms with Crippen LogP contribution in [0.5, 0.6) is 0 Å². The van der Waals surface area contributed by atoms with E-state index in [2.05, 4.69) is 6.07 Å². The van der Waals surface area contributed by atoms with E-state index in [1.165, 1.54) is 6.07 Å². The molecule has 5 nitrogen and oxygen atoms in total. The van der Waals surface area contributed by atoms with Crippen molar-refractivity contribution in [3.05, 3.63) is 87.2 Å². The van der Waals surface area contributed by atoms with E-state index in [4.69, 9.17) is 4.42 Å². The van der Waals surface area contributed by atoms with Crippen molar-refractivity contribution in [3.63, 3.8) is 0 Å². The van der Waals surface area contributed by atoms with Gasteiger partial charge in [-0.25, -0.2) is 0 Å². The number of nitro groups is 1. The first-order valence-electron chi connectivity index (χ1n) is 8.02. The van der Waals surface area contributed by atoms with E-state index in [-0.39, 0.29) is 5.69 Å². The van der Waals surface area contributed by atoms with E-state index >= 15 is 0 Å². The van der Waals surface area contributed by atoms with Gasteiger partial charge in [-0.05, 0) is 37.6 Å². The zero-order chi connectivity index (χ0) is 18.7. The Labute approximate surface area is 151 Å². The zero-order valence-corrected chi connectivity index (χ0v) is 14.4. The van der Waals surface area contributed by atoms with Crippen LogP contribution < -0.4 is 0 Å². The molecule has 0 saturated heterocycles. The van der Waals surface area contributed by atoms with Gasteiger partial charge >= 0.3 is 0 Å². The average molecular weight is 344 g/mol. The third kappa shape index (κ3) is 3.55. The normalized spacial score (nSPS) is 11.2. The van der Waals surface area contributed by atoms with Gasteiger partial charge in [0.2, 0.25) is 0 Å². The highest BCUT2D eigenvalue weighted by Gasteiger charge is 2.14. The van der Waals surface area contributed by atoms with Crippen LogP contribution in [-0.4, -0.2) is 4.92 Å². The number of nitrogens with zero attached hydrogens (tertiary/aromatic N) is 2. The molecule has 0 unspecified atom stereocenters. The molecule has 0 aliphatic heterocycles. The maximum Gasteiger partial charge on any atom is 0.273 e. The van der Waals surface area contributed by atoms with Gasteiger partial charge in [-0.1, -0.05) is 42.0 Å². The third-order valence-corrected chi connectivity index (χ3v) is 4.09. The summed E-state index contributed by atoms with van der Waals surface area (Å²) in [6.45, 7) is 3.68. The minimum atomic E-state index is -0.409. The molecule has 3 aromatic rings. The summed E-state index contributed by atoms with van der Waals surface area (Å²) in [5.74, 6) is 1.03. The molecule has 128 valence electrons. The van der Waals surface area contributed by atoms with Gasteiger partial charge in [-0.15, -0.1) is 0 Å². The molecule has 0 aliphatic carbocycles. The monoisotopic (exact) mass is 344 g/mol. The number of allylic oxidation sites excluding steroid dienone is 1. The molecule has 0 aliphatic rings. The van der Waals surface area contributed by atoms with Crippen molar-refractivity contribution in [1.29, 1.82) is 5.26 Å². The molecule has 0 fully saturated rings. The predicted molar refractivity (Wildman–Crippen MR) is 100 cm³/mol. The second kappa shape index (κ2) is 7.08. The first kappa shape index (κ1) is 17.2. The molecule has 26 heavy (non-hydrogen) atoms. The Morgan fingerprint density at radius 1 is 1.12 bits per heavy atom. The minimum Gasteiger partial charge on any atom is -0.457 e. The molecule has 0 bridgehead atoms. The quantitative estimate of drug-likeness (QED) is 0.354. The lowest BCUT2D eigenvalue weighted by molar-refractivity contribution is -0.385. The summed E-state index contributed by atoms with van der Waals surface area (Å²) in [7, 11) is 0. The highest BCUT2D eigenvalue weighted by molar-refractivity contribution is 5.88. The number of rotatable bonds is 4. The standard InChI is InChI=1S/C21H16N2O3/c1-14-3-6-16(7-4-14)18(13-22)11-19-9-10-21(26-19)17-8-5-15(2)20(12-17)23(24)25/h3-12H,1-2H3/b18-11-. The van der Waals surface area contributed by atoms with Crippen molar-refractivity contribution in [2.75, 3.05) is 0 Å². The zero-order valence-electron chi connectivity index (χ0n) is 14.4. The molecule has 0 amide bonds. The highest BCUT2D eigenvalue weighted by Crippen LogP contribution is 2.29. The molecule has 0 radical (unpaired) electrons. The molecular formula is C21H16N2O3. The fourth-order valence-corrected chi connectivity index (χ4v) is 2.60. The number of benzene rings is 2. The molecule has 3 rings (SSSR count). The van der Waals surface area contributed by atoms with Crippen molar-refractivity contribution in [2.24, 2.45) is 0 Å². The van der Waals surface area contributed by atoms with Crippen LogP contribution >= 0.6 is 0 Å². The Kier molecular flexibility index (Phi) is 4.68. The molecule has 0 spiro atoms. The highest BCUT2D eigenvalue weighted by atomic mass is 16.6. The summed E-state index contributed by atoms with van der Waals surface area (Å²) in [5, 5.41) is 20.5. The van der Waals surface area contributed by atoms with E-state index in [1.807, 2.05) is 31.2 Å². The van der Waals surface area contributed by atoms with Crippen molar-refractivity contribution in [2.45, 2.75) is 13.8 Å². The van der Waals surface area contributed by atoms with Gasteiger partial charge in [-0.3, -0.25) is 10.1 Å². The number of aryl methyl sites for hydroxylation is 2. The van der Waals surface area contributed by atoms with Crippen molar-refractivity contribution in [3.8, 4) is 17.4 Å². The average Bonchev–Trinajstić information content (AvgIpc) is 3.09. The largest absolute Gasteiger partial charge is 0.457 e. The van der Waals surface area contributed by atoms with E-state index in [9.17, 15) is 15.4 Å². The van der Waals surface area contributed by atoms with E-state index in [0.717, 1.165) is 11.1 Å². The molecule has 2 aromatic carbocycles. The van der Waals surface area contributed by atoms with Gasteiger partial charge in [0.15, 0.2) is 0 Å². The molecule has 1 aromatic heterocycles. The Balaban J connectivity index is 1.95. The van der Waals surface area contributed by atoms with Crippen LogP contribution in [0.25, 0.3) is 23.0 Å². The number of nitriles is 1. The Hall–Kier alpha value is -3.65. The molecule has 1 heterocycles. The van der Waals surface area contributed by atoms with Gasteiger partial charge in [-0.2, -0.15) is 5.26 Å². The Bertz CT molecular complexity index is 1040. The number of hydrogen-bond acceptors (Lipinski definition) is 4. The van der Waals surface area contributed by atoms with E-state index in [0.29, 0.717) is 28.2 Å². The maximum absolute atomic E-state index is 11.1. The van der Waals surface area contributed by atoms with Crippen LogP contribution in [0.2, 0.25) is 0 Å². The second-order valence-corrected chi connectivity index (χ2v) is 6.00. The second-order valence-electron chi connectivity index (χ2n) is 6.00. The van der Waals surface area contributed by atoms with Crippen LogP contribution in [-0.2, 0) is 0 Å². The number of hydrogen-bond donors (Lipinski definition) is 0. The van der Waals surface area contributed by atoms with Crippen LogP contribution in [0.4, 0.5) is 5.69 Å². The first-order chi connectivity index (χ1) is 12.5. The van der Waals surface area contributed by atoms with Crippen LogP contribution in [0, 0.1) is 35.3 Å². The summed E-state index contributed by atoms with van der Waals surface area (Å²) in [5.41, 5.74) is 3.68. The van der Waals surface area contributed by atoms with E-state index < -0.39 is 4.92 Å². The third-order valence-electron chi connectivity index (χ3n) is 4.09. The van der Waals surface area contributed by atoms with Gasteiger partial charge in [0, 0.05) is 17.2 Å². The van der Waals surface area contributed by atoms with Crippen molar-refractivity contribution in [1.82, 2.24) is 0 Å². The summed E-state index contributed by atoms with van der Waals surface area (Å²) in [4.78, 5) is 10.7. The number of furan rings is 1. The Morgan fingerprint density at radius 2 is 1.85 bits per heavy atom. The van der Waals surface area contributed by atoms with Gasteiger partial charge in [0.25, 0.3) is 5.69 Å². The summed E-state index contributed by atoms with van der Waals surface area (Å²) in [6, 6.07) is 18.3. The van der Waals surface area contributed by atoms with Gasteiger partial charge in [0.1, 0.15) is 11.5 Å². The minimum absolute atomic E-state index is 0.0494. The lowest BCUT2D eigenvalue weighted by atomic mass is 10.0. The summed E-state index contributed by atoms with van der Waals surface area (Å²) < 4.78 is 5.77. The lowest BCUT2D eigenvalue weighted by Gasteiger charge is -2.01. The molecule has 5 heteroatoms. The molecule has 0 saturated carbocycles. The summed E-state index contributed by atoms with van der Waals surface area (Å²) in [6.07, 6.45) is 1.66. The molecule has 0 atom stereocenters. The van der Waals surface area contributed by atoms with Gasteiger partial charge in [0.05, 0.1) is 16.6 Å². The lowest BCUT2D eigenvalue weighted by Crippen LogP contribution is -1.91. The van der Waals surface area contributed by atoms with Crippen molar-refractivity contribution < 1.29 is 9.34 Å². The number of nitro benzene ring substituents is 1. The fourth-order valence-electron chi connectivity index (χ4n) is 2.60. The first-order valence-corrected chi connectivity index (χ1v) is 8.02. The summed E-state index contributed by atoms with van der Waals surface area (Å²) >= 11 is 0. The fraction of sp³-hybridized carbons (Fsp3) is 0.0952. The Morgan fingerprint density at radius 3 is 2.50 bits per heavy atom. The topological polar surface area (TPSA) is 80.1 Å². The molecular weight excluding hydrogens is 328 g/mol. The van der Waals surface area contributed by atoms with Gasteiger partial charge < -0.3 is 4.42 Å². The smallest absolute Gasteiger partial charge is 0.273 e. The maximum atomic E-state index is 11.1. The predicted octanol–water partition coefficient (Wildman–Crippen LogP) is 5.54. The van der Waals surface area contributed by atoms with Crippen LogP contribution in [0.1, 0.15) is 22.5 Å². The van der Waals surface area contributed by atoms with Crippen LogP contribution in [0.3, 0.4) is 0 Å². The SMILES string of the molecule is Cc1ccc(/C(C#N)=C\c2ccc(-c3ccc(C)c([N+](=O)[O-])c3)o2)cc1.